The summed E-state index contributed by atoms with van der Waals surface area (Å²) in [5.41, 5.74) is 1.04. The SMILES string of the molecule is CN1CCC(Cc2noc(C3CC(=O)N(Cc4cccnc4)C3)n2)CC1. The first kappa shape index (κ1) is 17.1. The van der Waals surface area contributed by atoms with Crippen LogP contribution in [0.5, 0.6) is 0 Å². The molecule has 0 bridgehead atoms. The van der Waals surface area contributed by atoms with Gasteiger partial charge < -0.3 is 14.3 Å². The third-order valence-electron chi connectivity index (χ3n) is 5.45. The lowest BCUT2D eigenvalue weighted by Gasteiger charge is -2.28. The quantitative estimate of drug-likeness (QED) is 0.815. The number of nitrogens with zero attached hydrogens (tertiary/aromatic N) is 5. The van der Waals surface area contributed by atoms with E-state index in [2.05, 4.69) is 27.1 Å². The molecule has 2 aliphatic rings. The van der Waals surface area contributed by atoms with Gasteiger partial charge in [-0.15, -0.1) is 0 Å². The number of likely N-dealkylation sites (tertiary alicyclic amines) is 2. The van der Waals surface area contributed by atoms with Crippen molar-refractivity contribution in [3.63, 3.8) is 0 Å². The number of amides is 1. The van der Waals surface area contributed by atoms with E-state index in [1.165, 1.54) is 12.8 Å². The van der Waals surface area contributed by atoms with Gasteiger partial charge in [-0.05, 0) is 50.5 Å². The number of pyridine rings is 1. The molecule has 2 saturated heterocycles. The van der Waals surface area contributed by atoms with Gasteiger partial charge in [-0.25, -0.2) is 0 Å². The number of aromatic nitrogens is 3. The molecule has 7 nitrogen and oxygen atoms in total. The van der Waals surface area contributed by atoms with Gasteiger partial charge in [0, 0.05) is 38.3 Å². The molecule has 138 valence electrons. The maximum atomic E-state index is 12.3. The highest BCUT2D eigenvalue weighted by atomic mass is 16.5. The van der Waals surface area contributed by atoms with E-state index < -0.39 is 0 Å². The Morgan fingerprint density at radius 1 is 1.31 bits per heavy atom. The van der Waals surface area contributed by atoms with Crippen LogP contribution in [0.1, 0.15) is 42.5 Å². The summed E-state index contributed by atoms with van der Waals surface area (Å²) in [5, 5.41) is 4.17. The van der Waals surface area contributed by atoms with Crippen LogP contribution in [0.25, 0.3) is 0 Å². The summed E-state index contributed by atoms with van der Waals surface area (Å²) < 4.78 is 5.50. The molecule has 0 N–H and O–H groups in total. The zero-order valence-corrected chi connectivity index (χ0v) is 15.2. The number of hydrogen-bond donors (Lipinski definition) is 0. The predicted molar refractivity (Wildman–Crippen MR) is 95.2 cm³/mol. The van der Waals surface area contributed by atoms with Gasteiger partial charge in [0.25, 0.3) is 0 Å². The Morgan fingerprint density at radius 2 is 2.15 bits per heavy atom. The molecule has 4 rings (SSSR count). The van der Waals surface area contributed by atoms with Crippen molar-refractivity contribution in [2.45, 2.75) is 38.1 Å². The van der Waals surface area contributed by atoms with E-state index in [9.17, 15) is 4.79 Å². The van der Waals surface area contributed by atoms with Crippen molar-refractivity contribution in [3.05, 3.63) is 41.8 Å². The molecule has 1 amide bonds. The third kappa shape index (κ3) is 3.93. The molecule has 4 heterocycles. The van der Waals surface area contributed by atoms with Crippen LogP contribution in [0.3, 0.4) is 0 Å². The van der Waals surface area contributed by atoms with E-state index in [-0.39, 0.29) is 11.8 Å². The van der Waals surface area contributed by atoms with Gasteiger partial charge in [0.1, 0.15) is 0 Å². The Morgan fingerprint density at radius 3 is 2.92 bits per heavy atom. The largest absolute Gasteiger partial charge is 0.339 e. The summed E-state index contributed by atoms with van der Waals surface area (Å²) in [6.45, 7) is 3.48. The van der Waals surface area contributed by atoms with Crippen molar-refractivity contribution in [2.24, 2.45) is 5.92 Å². The van der Waals surface area contributed by atoms with Gasteiger partial charge in [0.2, 0.25) is 11.8 Å². The Bertz CT molecular complexity index is 739. The molecule has 1 unspecified atom stereocenters. The number of carbonyl (C=O) groups excluding carboxylic acids is 1. The van der Waals surface area contributed by atoms with E-state index >= 15 is 0 Å². The average Bonchev–Trinajstić information content (AvgIpc) is 3.25. The Balaban J connectivity index is 1.35. The van der Waals surface area contributed by atoms with Gasteiger partial charge in [0.15, 0.2) is 5.82 Å². The first-order valence-corrected chi connectivity index (χ1v) is 9.35. The molecule has 2 aliphatic heterocycles. The first-order chi connectivity index (χ1) is 12.7. The highest BCUT2D eigenvalue weighted by molar-refractivity contribution is 5.79. The predicted octanol–water partition coefficient (Wildman–Crippen LogP) is 1.86. The van der Waals surface area contributed by atoms with Crippen LogP contribution in [0.15, 0.2) is 29.0 Å². The second-order valence-corrected chi connectivity index (χ2v) is 7.54. The van der Waals surface area contributed by atoms with Crippen LogP contribution < -0.4 is 0 Å². The Hall–Kier alpha value is -2.28. The Kier molecular flexibility index (Phi) is 4.97. The van der Waals surface area contributed by atoms with Crippen LogP contribution in [-0.4, -0.2) is 57.5 Å². The molecule has 2 aromatic heterocycles. The number of carbonyl (C=O) groups is 1. The zero-order valence-electron chi connectivity index (χ0n) is 15.2. The molecule has 0 spiro atoms. The van der Waals surface area contributed by atoms with Gasteiger partial charge in [0.05, 0.1) is 5.92 Å². The molecule has 2 fully saturated rings. The summed E-state index contributed by atoms with van der Waals surface area (Å²) in [6, 6.07) is 3.88. The van der Waals surface area contributed by atoms with Crippen LogP contribution in [0.2, 0.25) is 0 Å². The van der Waals surface area contributed by atoms with Crippen molar-refractivity contribution in [3.8, 4) is 0 Å². The Labute approximate surface area is 153 Å². The van der Waals surface area contributed by atoms with Crippen molar-refractivity contribution in [1.29, 1.82) is 0 Å². The standard InChI is InChI=1S/C19H25N5O2/c1-23-7-4-14(5-8-23)9-17-21-19(26-22-17)16-10-18(25)24(13-16)12-15-3-2-6-20-11-15/h2-3,6,11,14,16H,4-5,7-10,12-13H2,1H3. The second kappa shape index (κ2) is 7.53. The highest BCUT2D eigenvalue weighted by Gasteiger charge is 2.34. The van der Waals surface area contributed by atoms with Crippen LogP contribution in [-0.2, 0) is 17.8 Å². The summed E-state index contributed by atoms with van der Waals surface area (Å²) in [5.74, 6) is 2.15. The van der Waals surface area contributed by atoms with E-state index in [1.807, 2.05) is 17.0 Å². The molecule has 0 aromatic carbocycles. The molecule has 0 radical (unpaired) electrons. The summed E-state index contributed by atoms with van der Waals surface area (Å²) >= 11 is 0. The lowest BCUT2D eigenvalue weighted by molar-refractivity contribution is -0.128. The molecule has 26 heavy (non-hydrogen) atoms. The van der Waals surface area contributed by atoms with Gasteiger partial charge in [-0.1, -0.05) is 11.2 Å². The van der Waals surface area contributed by atoms with E-state index in [0.29, 0.717) is 31.3 Å². The normalized spacial score (nSPS) is 22.3. The van der Waals surface area contributed by atoms with E-state index in [1.54, 1.807) is 12.4 Å². The van der Waals surface area contributed by atoms with Crippen LogP contribution in [0.4, 0.5) is 0 Å². The monoisotopic (exact) mass is 355 g/mol. The average molecular weight is 355 g/mol. The lowest BCUT2D eigenvalue weighted by Crippen LogP contribution is -2.31. The van der Waals surface area contributed by atoms with Gasteiger partial charge in [-0.3, -0.25) is 9.78 Å². The lowest BCUT2D eigenvalue weighted by atomic mass is 9.93. The third-order valence-corrected chi connectivity index (χ3v) is 5.45. The fraction of sp³-hybridized carbons (Fsp3) is 0.579. The maximum Gasteiger partial charge on any atom is 0.232 e. The summed E-state index contributed by atoms with van der Waals surface area (Å²) in [4.78, 5) is 25.2. The number of piperidine rings is 1. The molecule has 0 saturated carbocycles. The van der Waals surface area contributed by atoms with Crippen molar-refractivity contribution >= 4 is 5.91 Å². The molecule has 0 aliphatic carbocycles. The van der Waals surface area contributed by atoms with Crippen molar-refractivity contribution in [2.75, 3.05) is 26.7 Å². The topological polar surface area (TPSA) is 75.4 Å². The minimum Gasteiger partial charge on any atom is -0.339 e. The van der Waals surface area contributed by atoms with Crippen LogP contribution >= 0.6 is 0 Å². The van der Waals surface area contributed by atoms with E-state index in [0.717, 1.165) is 30.9 Å². The van der Waals surface area contributed by atoms with Crippen LogP contribution in [0, 0.1) is 5.92 Å². The van der Waals surface area contributed by atoms with Gasteiger partial charge in [-0.2, -0.15) is 4.98 Å². The minimum absolute atomic E-state index is 0.00193. The molecule has 7 heteroatoms. The van der Waals surface area contributed by atoms with E-state index in [4.69, 9.17) is 4.52 Å². The van der Waals surface area contributed by atoms with Crippen molar-refractivity contribution in [1.82, 2.24) is 24.9 Å². The fourth-order valence-electron chi connectivity index (χ4n) is 3.84. The van der Waals surface area contributed by atoms with Gasteiger partial charge >= 0.3 is 0 Å². The molecular weight excluding hydrogens is 330 g/mol. The smallest absolute Gasteiger partial charge is 0.232 e. The summed E-state index contributed by atoms with van der Waals surface area (Å²) in [6.07, 6.45) is 7.21. The minimum atomic E-state index is -0.00193. The second-order valence-electron chi connectivity index (χ2n) is 7.54. The first-order valence-electron chi connectivity index (χ1n) is 9.35. The molecule has 2 aromatic rings. The summed E-state index contributed by atoms with van der Waals surface area (Å²) in [7, 11) is 2.16. The maximum absolute atomic E-state index is 12.3. The highest BCUT2D eigenvalue weighted by Crippen LogP contribution is 2.29. The number of hydrogen-bond acceptors (Lipinski definition) is 6. The fourth-order valence-corrected chi connectivity index (χ4v) is 3.84. The van der Waals surface area contributed by atoms with Crippen molar-refractivity contribution < 1.29 is 9.32 Å². The molecular formula is C19H25N5O2. The zero-order chi connectivity index (χ0) is 17.9. The number of rotatable bonds is 5. The molecule has 1 atom stereocenters.